The lowest BCUT2D eigenvalue weighted by molar-refractivity contribution is 0.0956. The van der Waals surface area contributed by atoms with Crippen LogP contribution in [0.25, 0.3) is 22.4 Å². The van der Waals surface area contributed by atoms with Gasteiger partial charge in [0.05, 0.1) is 16.6 Å². The summed E-state index contributed by atoms with van der Waals surface area (Å²) < 4.78 is 3.15. The van der Waals surface area contributed by atoms with Gasteiger partial charge in [0.15, 0.2) is 0 Å². The second kappa shape index (κ2) is 4.70. The Labute approximate surface area is 129 Å². The summed E-state index contributed by atoms with van der Waals surface area (Å²) in [5.74, 6) is 0.871. The molecule has 2 heterocycles. The average molecular weight is 342 g/mol. The average Bonchev–Trinajstić information content (AvgIpc) is 2.77. The van der Waals surface area contributed by atoms with Crippen LogP contribution in [0.4, 0.5) is 0 Å². The zero-order valence-corrected chi connectivity index (χ0v) is 12.7. The molecule has 0 fully saturated rings. The van der Waals surface area contributed by atoms with Gasteiger partial charge in [-0.25, -0.2) is 4.98 Å². The minimum atomic E-state index is -0.0277. The second-order valence-corrected chi connectivity index (χ2v) is 5.94. The molecule has 1 aliphatic heterocycles. The molecule has 1 aromatic heterocycles. The number of hydrogen-bond donors (Lipinski definition) is 1. The number of nitrogens with zero attached hydrogens (tertiary/aromatic N) is 2. The Bertz CT molecular complexity index is 869. The van der Waals surface area contributed by atoms with Crippen molar-refractivity contribution >= 4 is 32.9 Å². The van der Waals surface area contributed by atoms with Gasteiger partial charge in [0.2, 0.25) is 0 Å². The summed E-state index contributed by atoms with van der Waals surface area (Å²) in [5, 5.41) is 2.93. The van der Waals surface area contributed by atoms with E-state index in [1.807, 2.05) is 42.5 Å². The van der Waals surface area contributed by atoms with Crippen molar-refractivity contribution in [2.75, 3.05) is 6.54 Å². The van der Waals surface area contributed by atoms with E-state index in [1.165, 1.54) is 0 Å². The molecule has 2 aromatic carbocycles. The Hall–Kier alpha value is -2.14. The molecule has 21 heavy (non-hydrogen) atoms. The predicted molar refractivity (Wildman–Crippen MR) is 85.2 cm³/mol. The lowest BCUT2D eigenvalue weighted by Gasteiger charge is -2.07. The standard InChI is InChI=1S/C16H12BrN3O/c17-11-4-1-3-10(9-11)15-19-13-6-2-5-12-14(13)20(15)8-7-18-16(12)21/h1-6,9H,7-8H2,(H,18,21). The highest BCUT2D eigenvalue weighted by Crippen LogP contribution is 2.29. The van der Waals surface area contributed by atoms with Crippen LogP contribution in [0.2, 0.25) is 0 Å². The lowest BCUT2D eigenvalue weighted by Crippen LogP contribution is -2.24. The van der Waals surface area contributed by atoms with E-state index in [0.29, 0.717) is 12.1 Å². The van der Waals surface area contributed by atoms with Crippen LogP contribution < -0.4 is 5.32 Å². The Morgan fingerprint density at radius 2 is 2.05 bits per heavy atom. The normalized spacial score (nSPS) is 14.0. The van der Waals surface area contributed by atoms with E-state index in [1.54, 1.807) is 0 Å². The number of benzene rings is 2. The number of amides is 1. The molecular formula is C16H12BrN3O. The first-order chi connectivity index (χ1) is 10.2. The molecule has 1 aliphatic rings. The summed E-state index contributed by atoms with van der Waals surface area (Å²) in [6.07, 6.45) is 0. The number of para-hydroxylation sites is 1. The number of halogens is 1. The minimum absolute atomic E-state index is 0.0277. The van der Waals surface area contributed by atoms with Crippen LogP contribution in [0.15, 0.2) is 46.9 Å². The van der Waals surface area contributed by atoms with Crippen LogP contribution in [-0.2, 0) is 6.54 Å². The van der Waals surface area contributed by atoms with Gasteiger partial charge in [-0.05, 0) is 24.3 Å². The van der Waals surface area contributed by atoms with Crippen LogP contribution in [0, 0.1) is 0 Å². The van der Waals surface area contributed by atoms with Gasteiger partial charge in [-0.3, -0.25) is 4.79 Å². The molecule has 4 rings (SSSR count). The Kier molecular flexibility index (Phi) is 2.82. The molecule has 0 radical (unpaired) electrons. The SMILES string of the molecule is O=C1NCCn2c(-c3cccc(Br)c3)nc3cccc1c32. The van der Waals surface area contributed by atoms with Gasteiger partial charge < -0.3 is 9.88 Å². The maximum absolute atomic E-state index is 12.1. The molecule has 0 saturated carbocycles. The van der Waals surface area contributed by atoms with Gasteiger partial charge in [0.1, 0.15) is 5.82 Å². The highest BCUT2D eigenvalue weighted by Gasteiger charge is 2.21. The Morgan fingerprint density at radius 3 is 2.90 bits per heavy atom. The van der Waals surface area contributed by atoms with E-state index in [4.69, 9.17) is 4.98 Å². The number of imidazole rings is 1. The maximum atomic E-state index is 12.1. The van der Waals surface area contributed by atoms with Crippen molar-refractivity contribution in [1.29, 1.82) is 0 Å². The summed E-state index contributed by atoms with van der Waals surface area (Å²) in [6.45, 7) is 1.33. The minimum Gasteiger partial charge on any atom is -0.350 e. The van der Waals surface area contributed by atoms with Crippen molar-refractivity contribution in [3.63, 3.8) is 0 Å². The molecule has 1 amide bonds. The van der Waals surface area contributed by atoms with Crippen molar-refractivity contribution < 1.29 is 4.79 Å². The maximum Gasteiger partial charge on any atom is 0.253 e. The quantitative estimate of drug-likeness (QED) is 0.738. The molecular weight excluding hydrogens is 330 g/mol. The van der Waals surface area contributed by atoms with Crippen LogP contribution in [-0.4, -0.2) is 22.0 Å². The number of aromatic nitrogens is 2. The van der Waals surface area contributed by atoms with E-state index in [0.717, 1.165) is 33.4 Å². The monoisotopic (exact) mass is 341 g/mol. The van der Waals surface area contributed by atoms with Gasteiger partial charge in [0.25, 0.3) is 5.91 Å². The summed E-state index contributed by atoms with van der Waals surface area (Å²) in [4.78, 5) is 16.9. The van der Waals surface area contributed by atoms with Gasteiger partial charge >= 0.3 is 0 Å². The smallest absolute Gasteiger partial charge is 0.253 e. The third-order valence-corrected chi connectivity index (χ3v) is 4.21. The van der Waals surface area contributed by atoms with E-state index >= 15 is 0 Å². The van der Waals surface area contributed by atoms with E-state index in [2.05, 4.69) is 25.8 Å². The van der Waals surface area contributed by atoms with Crippen LogP contribution in [0.3, 0.4) is 0 Å². The number of hydrogen-bond acceptors (Lipinski definition) is 2. The summed E-state index contributed by atoms with van der Waals surface area (Å²) in [7, 11) is 0. The van der Waals surface area contributed by atoms with E-state index in [-0.39, 0.29) is 5.91 Å². The Morgan fingerprint density at radius 1 is 1.19 bits per heavy atom. The van der Waals surface area contributed by atoms with Gasteiger partial charge in [-0.15, -0.1) is 0 Å². The van der Waals surface area contributed by atoms with E-state index in [9.17, 15) is 4.79 Å². The fraction of sp³-hybridized carbons (Fsp3) is 0.125. The number of carbonyl (C=O) groups is 1. The summed E-state index contributed by atoms with van der Waals surface area (Å²) in [5.41, 5.74) is 3.52. The fourth-order valence-corrected chi connectivity index (χ4v) is 3.21. The summed E-state index contributed by atoms with van der Waals surface area (Å²) >= 11 is 3.50. The summed E-state index contributed by atoms with van der Waals surface area (Å²) in [6, 6.07) is 13.8. The van der Waals surface area contributed by atoms with Crippen molar-refractivity contribution in [2.45, 2.75) is 6.54 Å². The molecule has 0 saturated heterocycles. The molecule has 0 atom stereocenters. The van der Waals surface area contributed by atoms with Crippen molar-refractivity contribution in [2.24, 2.45) is 0 Å². The fourth-order valence-electron chi connectivity index (χ4n) is 2.81. The zero-order chi connectivity index (χ0) is 14.4. The van der Waals surface area contributed by atoms with E-state index < -0.39 is 0 Å². The third-order valence-electron chi connectivity index (χ3n) is 3.72. The van der Waals surface area contributed by atoms with Crippen LogP contribution in [0.5, 0.6) is 0 Å². The molecule has 0 bridgehead atoms. The first-order valence-electron chi connectivity index (χ1n) is 6.77. The molecule has 3 aromatic rings. The Balaban J connectivity index is 2.05. The predicted octanol–water partition coefficient (Wildman–Crippen LogP) is 3.21. The highest BCUT2D eigenvalue weighted by molar-refractivity contribution is 9.10. The van der Waals surface area contributed by atoms with Crippen LogP contribution in [0.1, 0.15) is 10.4 Å². The van der Waals surface area contributed by atoms with Crippen molar-refractivity contribution in [3.8, 4) is 11.4 Å². The van der Waals surface area contributed by atoms with Gasteiger partial charge in [0, 0.05) is 23.1 Å². The van der Waals surface area contributed by atoms with Crippen molar-refractivity contribution in [3.05, 3.63) is 52.5 Å². The first-order valence-corrected chi connectivity index (χ1v) is 7.57. The zero-order valence-electron chi connectivity index (χ0n) is 11.1. The molecule has 0 spiro atoms. The first kappa shape index (κ1) is 12.6. The van der Waals surface area contributed by atoms with Crippen LogP contribution >= 0.6 is 15.9 Å². The molecule has 0 aliphatic carbocycles. The number of carbonyl (C=O) groups excluding carboxylic acids is 1. The molecule has 104 valence electrons. The van der Waals surface area contributed by atoms with Gasteiger partial charge in [-0.1, -0.05) is 34.1 Å². The molecule has 0 unspecified atom stereocenters. The number of rotatable bonds is 1. The molecule has 1 N–H and O–H groups in total. The highest BCUT2D eigenvalue weighted by atomic mass is 79.9. The lowest BCUT2D eigenvalue weighted by atomic mass is 10.1. The second-order valence-electron chi connectivity index (χ2n) is 5.03. The van der Waals surface area contributed by atoms with Crippen molar-refractivity contribution in [1.82, 2.24) is 14.9 Å². The van der Waals surface area contributed by atoms with Gasteiger partial charge in [-0.2, -0.15) is 0 Å². The number of nitrogens with one attached hydrogen (secondary N) is 1. The molecule has 5 heteroatoms. The topological polar surface area (TPSA) is 46.9 Å². The largest absolute Gasteiger partial charge is 0.350 e. The third kappa shape index (κ3) is 1.96. The molecule has 4 nitrogen and oxygen atoms in total.